The van der Waals surface area contributed by atoms with Gasteiger partial charge in [0.2, 0.25) is 0 Å². The first kappa shape index (κ1) is 8.97. The van der Waals surface area contributed by atoms with Gasteiger partial charge in [0.1, 0.15) is 0 Å². The molecule has 1 fully saturated rings. The first-order valence-corrected chi connectivity index (χ1v) is 4.14. The minimum Gasteiger partial charge on any atom is -0.312 e. The largest absolute Gasteiger partial charge is 0.312 e. The van der Waals surface area contributed by atoms with Crippen molar-refractivity contribution in [3.05, 3.63) is 0 Å². The second-order valence-corrected chi connectivity index (χ2v) is 4.33. The van der Waals surface area contributed by atoms with Gasteiger partial charge in [-0.05, 0) is 40.0 Å². The van der Waals surface area contributed by atoms with Gasteiger partial charge in [0, 0.05) is 5.54 Å². The molecule has 0 bridgehead atoms. The highest BCUT2D eigenvalue weighted by Crippen LogP contribution is 2.33. The van der Waals surface area contributed by atoms with Gasteiger partial charge in [-0.2, -0.15) is 5.06 Å². The molecular formula is C8H18N2O. The van der Waals surface area contributed by atoms with Crippen molar-refractivity contribution in [3.8, 4) is 0 Å². The molecule has 0 aromatic heterocycles. The van der Waals surface area contributed by atoms with Crippen molar-refractivity contribution in [3.63, 3.8) is 0 Å². The van der Waals surface area contributed by atoms with Crippen LogP contribution in [-0.4, -0.2) is 21.5 Å². The molecule has 1 heterocycles. The summed E-state index contributed by atoms with van der Waals surface area (Å²) < 4.78 is 0. The quantitative estimate of drug-likeness (QED) is 0.559. The van der Waals surface area contributed by atoms with E-state index >= 15 is 0 Å². The van der Waals surface area contributed by atoms with Crippen molar-refractivity contribution in [2.75, 3.05) is 0 Å². The van der Waals surface area contributed by atoms with Crippen LogP contribution in [-0.2, 0) is 0 Å². The summed E-state index contributed by atoms with van der Waals surface area (Å²) in [5.74, 6) is 0. The Morgan fingerprint density at radius 2 is 1.82 bits per heavy atom. The molecule has 3 N–H and O–H groups in total. The van der Waals surface area contributed by atoms with E-state index in [0.717, 1.165) is 19.3 Å². The van der Waals surface area contributed by atoms with Crippen molar-refractivity contribution in [2.45, 2.75) is 51.2 Å². The van der Waals surface area contributed by atoms with Gasteiger partial charge in [0.15, 0.2) is 0 Å². The van der Waals surface area contributed by atoms with Crippen LogP contribution in [0.1, 0.15) is 40.0 Å². The average molecular weight is 158 g/mol. The lowest BCUT2D eigenvalue weighted by Gasteiger charge is -2.48. The highest BCUT2D eigenvalue weighted by molar-refractivity contribution is 4.90. The maximum absolute atomic E-state index is 9.67. The number of nitrogens with zero attached hydrogens (tertiary/aromatic N) is 1. The maximum atomic E-state index is 9.67. The molecule has 3 nitrogen and oxygen atoms in total. The third kappa shape index (κ3) is 1.55. The predicted molar refractivity (Wildman–Crippen MR) is 44.1 cm³/mol. The Morgan fingerprint density at radius 1 is 1.27 bits per heavy atom. The number of nitrogens with two attached hydrogens (primary N) is 1. The van der Waals surface area contributed by atoms with Gasteiger partial charge in [0.25, 0.3) is 0 Å². The molecule has 1 aliphatic rings. The second kappa shape index (κ2) is 2.44. The fourth-order valence-corrected chi connectivity index (χ4v) is 1.78. The van der Waals surface area contributed by atoms with E-state index in [-0.39, 0.29) is 5.54 Å². The maximum Gasteiger partial charge on any atom is 0.0903 e. The fourth-order valence-electron chi connectivity index (χ4n) is 1.78. The van der Waals surface area contributed by atoms with E-state index in [1.807, 2.05) is 20.8 Å². The highest BCUT2D eigenvalue weighted by Gasteiger charge is 2.40. The smallest absolute Gasteiger partial charge is 0.0903 e. The molecule has 0 aliphatic carbocycles. The summed E-state index contributed by atoms with van der Waals surface area (Å²) in [4.78, 5) is 0. The number of hydrogen-bond donors (Lipinski definition) is 2. The summed E-state index contributed by atoms with van der Waals surface area (Å²) in [6.45, 7) is 5.89. The third-order valence-electron chi connectivity index (χ3n) is 2.53. The van der Waals surface area contributed by atoms with Crippen molar-refractivity contribution < 1.29 is 5.21 Å². The summed E-state index contributed by atoms with van der Waals surface area (Å²) in [6.07, 6.45) is 2.97. The Labute approximate surface area is 68.1 Å². The molecule has 0 spiro atoms. The van der Waals surface area contributed by atoms with E-state index in [9.17, 15) is 5.21 Å². The van der Waals surface area contributed by atoms with Gasteiger partial charge in [-0.15, -0.1) is 0 Å². The zero-order valence-corrected chi connectivity index (χ0v) is 7.59. The molecule has 1 aliphatic heterocycles. The van der Waals surface area contributed by atoms with Gasteiger partial charge in [-0.1, -0.05) is 0 Å². The highest BCUT2D eigenvalue weighted by atomic mass is 16.5. The first-order chi connectivity index (χ1) is 4.86. The third-order valence-corrected chi connectivity index (χ3v) is 2.53. The van der Waals surface area contributed by atoms with Crippen LogP contribution in [0.4, 0.5) is 0 Å². The number of hydroxylamine groups is 2. The van der Waals surface area contributed by atoms with Crippen LogP contribution in [0.2, 0.25) is 0 Å². The fraction of sp³-hybridized carbons (Fsp3) is 1.00. The molecule has 0 radical (unpaired) electrons. The standard InChI is InChI=1S/C8H18N2O/c1-7(2)5-4-6-8(3,9)10(7)11/h11H,4-6,9H2,1-3H3. The van der Waals surface area contributed by atoms with Crippen LogP contribution in [0.5, 0.6) is 0 Å². The van der Waals surface area contributed by atoms with E-state index in [4.69, 9.17) is 5.73 Å². The van der Waals surface area contributed by atoms with E-state index < -0.39 is 5.66 Å². The van der Waals surface area contributed by atoms with Crippen LogP contribution >= 0.6 is 0 Å². The summed E-state index contributed by atoms with van der Waals surface area (Å²) >= 11 is 0. The van der Waals surface area contributed by atoms with E-state index in [2.05, 4.69) is 0 Å². The monoisotopic (exact) mass is 158 g/mol. The van der Waals surface area contributed by atoms with Crippen molar-refractivity contribution >= 4 is 0 Å². The summed E-state index contributed by atoms with van der Waals surface area (Å²) in [5, 5.41) is 11.0. The van der Waals surface area contributed by atoms with Gasteiger partial charge >= 0.3 is 0 Å². The molecule has 1 saturated heterocycles. The number of rotatable bonds is 0. The Morgan fingerprint density at radius 3 is 2.18 bits per heavy atom. The Balaban J connectivity index is 2.76. The second-order valence-electron chi connectivity index (χ2n) is 4.33. The van der Waals surface area contributed by atoms with Crippen molar-refractivity contribution in [1.82, 2.24) is 5.06 Å². The zero-order valence-electron chi connectivity index (χ0n) is 7.59. The minimum atomic E-state index is -0.540. The lowest BCUT2D eigenvalue weighted by Crippen LogP contribution is -2.62. The molecule has 0 aromatic rings. The SMILES string of the molecule is CC1(C)CCCC(C)(N)N1O. The lowest BCUT2D eigenvalue weighted by molar-refractivity contribution is -0.245. The summed E-state index contributed by atoms with van der Waals surface area (Å²) in [6, 6.07) is 0. The molecule has 66 valence electrons. The predicted octanol–water partition coefficient (Wildman–Crippen LogP) is 1.32. The molecule has 0 amide bonds. The molecule has 1 atom stereocenters. The Kier molecular flexibility index (Phi) is 1.99. The topological polar surface area (TPSA) is 49.5 Å². The van der Waals surface area contributed by atoms with Crippen LogP contribution in [0.15, 0.2) is 0 Å². The Bertz CT molecular complexity index is 138. The molecule has 1 unspecified atom stereocenters. The molecule has 3 heteroatoms. The minimum absolute atomic E-state index is 0.165. The zero-order chi connectivity index (χ0) is 8.70. The van der Waals surface area contributed by atoms with Crippen molar-refractivity contribution in [1.29, 1.82) is 0 Å². The first-order valence-electron chi connectivity index (χ1n) is 4.14. The summed E-state index contributed by atoms with van der Waals surface area (Å²) in [5.41, 5.74) is 5.17. The van der Waals surface area contributed by atoms with Crippen LogP contribution in [0.3, 0.4) is 0 Å². The Hall–Kier alpha value is -0.120. The molecule has 11 heavy (non-hydrogen) atoms. The lowest BCUT2D eigenvalue weighted by atomic mass is 9.86. The van der Waals surface area contributed by atoms with Crippen LogP contribution < -0.4 is 5.73 Å². The van der Waals surface area contributed by atoms with E-state index in [1.165, 1.54) is 5.06 Å². The summed E-state index contributed by atoms with van der Waals surface area (Å²) in [7, 11) is 0. The normalized spacial score (nSPS) is 39.0. The van der Waals surface area contributed by atoms with E-state index in [1.54, 1.807) is 0 Å². The molecular weight excluding hydrogens is 140 g/mol. The van der Waals surface area contributed by atoms with Gasteiger partial charge in [-0.25, -0.2) is 0 Å². The average Bonchev–Trinajstić information content (AvgIpc) is 1.82. The van der Waals surface area contributed by atoms with Gasteiger partial charge in [-0.3, -0.25) is 0 Å². The van der Waals surface area contributed by atoms with Crippen LogP contribution in [0.25, 0.3) is 0 Å². The molecule has 0 saturated carbocycles. The van der Waals surface area contributed by atoms with Crippen LogP contribution in [0, 0.1) is 0 Å². The number of hydrogen-bond acceptors (Lipinski definition) is 3. The molecule has 0 aromatic carbocycles. The van der Waals surface area contributed by atoms with Gasteiger partial charge in [0.05, 0.1) is 5.66 Å². The number of piperidine rings is 1. The van der Waals surface area contributed by atoms with E-state index in [0.29, 0.717) is 0 Å². The van der Waals surface area contributed by atoms with Gasteiger partial charge < -0.3 is 10.9 Å². The molecule has 1 rings (SSSR count). The van der Waals surface area contributed by atoms with Crippen molar-refractivity contribution in [2.24, 2.45) is 5.73 Å².